The van der Waals surface area contributed by atoms with E-state index < -0.39 is 0 Å². The molecule has 2 unspecified atom stereocenters. The van der Waals surface area contributed by atoms with E-state index in [0.717, 1.165) is 12.8 Å². The monoisotopic (exact) mass is 257 g/mol. The number of aliphatic hydroxyl groups excluding tert-OH is 2. The average Bonchev–Trinajstić information content (AvgIpc) is 3.03. The lowest BCUT2D eigenvalue weighted by Crippen LogP contribution is -2.15. The zero-order valence-electron chi connectivity index (χ0n) is 11.0. The molecule has 5 nitrogen and oxygen atoms in total. The molecule has 0 spiro atoms. The van der Waals surface area contributed by atoms with Crippen molar-refractivity contribution in [2.75, 3.05) is 20.3 Å². The molecule has 104 valence electrons. The summed E-state index contributed by atoms with van der Waals surface area (Å²) in [6.07, 6.45) is 6.30. The fourth-order valence-corrected chi connectivity index (χ4v) is 1.78. The maximum Gasteiger partial charge on any atom is 0.157 e. The van der Waals surface area contributed by atoms with E-state index in [4.69, 9.17) is 19.7 Å². The van der Waals surface area contributed by atoms with Gasteiger partial charge in [0.15, 0.2) is 6.29 Å². The van der Waals surface area contributed by atoms with Crippen molar-refractivity contribution in [2.24, 2.45) is 0 Å². The van der Waals surface area contributed by atoms with Crippen LogP contribution in [0.4, 0.5) is 0 Å². The zero-order valence-corrected chi connectivity index (χ0v) is 11.0. The van der Waals surface area contributed by atoms with Gasteiger partial charge in [-0.15, -0.1) is 0 Å². The fraction of sp³-hybridized carbons (Fsp3) is 0.692. The SMILES string of the molecule is COC1CCC(C)O1.OCC(CO)n1cccc1. The molecule has 1 aliphatic heterocycles. The quantitative estimate of drug-likeness (QED) is 0.850. The highest BCUT2D eigenvalue weighted by molar-refractivity contribution is 4.92. The maximum absolute atomic E-state index is 8.72. The molecule has 2 atom stereocenters. The van der Waals surface area contributed by atoms with Gasteiger partial charge in [0.05, 0.1) is 25.4 Å². The highest BCUT2D eigenvalue weighted by atomic mass is 16.7. The number of rotatable bonds is 4. The highest BCUT2D eigenvalue weighted by Crippen LogP contribution is 2.18. The third-order valence-electron chi connectivity index (χ3n) is 2.93. The number of aromatic nitrogens is 1. The molecular weight excluding hydrogens is 234 g/mol. The van der Waals surface area contributed by atoms with Crippen LogP contribution in [0.15, 0.2) is 24.5 Å². The van der Waals surface area contributed by atoms with E-state index in [9.17, 15) is 0 Å². The summed E-state index contributed by atoms with van der Waals surface area (Å²) < 4.78 is 12.0. The summed E-state index contributed by atoms with van der Waals surface area (Å²) >= 11 is 0. The van der Waals surface area contributed by atoms with Crippen LogP contribution >= 0.6 is 0 Å². The molecule has 0 aromatic carbocycles. The minimum absolute atomic E-state index is 0.0226. The van der Waals surface area contributed by atoms with Gasteiger partial charge in [-0.1, -0.05) is 0 Å². The van der Waals surface area contributed by atoms with Crippen molar-refractivity contribution in [1.29, 1.82) is 0 Å². The van der Waals surface area contributed by atoms with Crippen molar-refractivity contribution in [3.63, 3.8) is 0 Å². The molecule has 0 radical (unpaired) electrons. The standard InChI is InChI=1S/C7H11NO2.C6H12O2/c9-5-7(6-10)8-3-1-2-4-8;1-5-3-4-6(7-2)8-5/h1-4,7,9-10H,5-6H2;5-6H,3-4H2,1-2H3. The predicted molar refractivity (Wildman–Crippen MR) is 68.2 cm³/mol. The van der Waals surface area contributed by atoms with Crippen molar-refractivity contribution >= 4 is 0 Å². The smallest absolute Gasteiger partial charge is 0.157 e. The first-order valence-corrected chi connectivity index (χ1v) is 6.23. The van der Waals surface area contributed by atoms with Gasteiger partial charge in [-0.3, -0.25) is 0 Å². The summed E-state index contributed by atoms with van der Waals surface area (Å²) in [4.78, 5) is 0. The van der Waals surface area contributed by atoms with Gasteiger partial charge in [0, 0.05) is 25.9 Å². The van der Waals surface area contributed by atoms with Crippen molar-refractivity contribution < 1.29 is 19.7 Å². The molecule has 2 N–H and O–H groups in total. The molecule has 1 aromatic rings. The predicted octanol–water partition coefficient (Wildman–Crippen LogP) is 1.17. The van der Waals surface area contributed by atoms with Gasteiger partial charge in [0.2, 0.25) is 0 Å². The van der Waals surface area contributed by atoms with Gasteiger partial charge < -0.3 is 24.3 Å². The summed E-state index contributed by atoms with van der Waals surface area (Å²) in [6.45, 7) is 2.02. The Hall–Kier alpha value is -0.880. The number of hydrogen-bond acceptors (Lipinski definition) is 4. The number of ether oxygens (including phenoxy) is 2. The van der Waals surface area contributed by atoms with Crippen LogP contribution < -0.4 is 0 Å². The third-order valence-corrected chi connectivity index (χ3v) is 2.93. The van der Waals surface area contributed by atoms with Crippen LogP contribution in [0.3, 0.4) is 0 Å². The van der Waals surface area contributed by atoms with E-state index in [1.165, 1.54) is 0 Å². The van der Waals surface area contributed by atoms with Crippen LogP contribution in [0.1, 0.15) is 25.8 Å². The molecule has 0 saturated carbocycles. The second-order valence-electron chi connectivity index (χ2n) is 4.34. The van der Waals surface area contributed by atoms with Gasteiger partial charge in [-0.05, 0) is 25.5 Å². The molecule has 0 amide bonds. The Kier molecular flexibility index (Phi) is 6.97. The van der Waals surface area contributed by atoms with Crippen LogP contribution in [-0.2, 0) is 9.47 Å². The van der Waals surface area contributed by atoms with E-state index in [-0.39, 0.29) is 25.5 Å². The zero-order chi connectivity index (χ0) is 13.4. The van der Waals surface area contributed by atoms with Crippen molar-refractivity contribution in [3.8, 4) is 0 Å². The van der Waals surface area contributed by atoms with Gasteiger partial charge in [-0.25, -0.2) is 0 Å². The molecule has 2 rings (SSSR count). The second kappa shape index (κ2) is 8.26. The second-order valence-corrected chi connectivity index (χ2v) is 4.34. The van der Waals surface area contributed by atoms with Crippen molar-refractivity contribution in [2.45, 2.75) is 38.2 Å². The van der Waals surface area contributed by atoms with Gasteiger partial charge in [0.25, 0.3) is 0 Å². The largest absolute Gasteiger partial charge is 0.394 e. The van der Waals surface area contributed by atoms with Gasteiger partial charge >= 0.3 is 0 Å². The first-order chi connectivity index (χ1) is 8.71. The Morgan fingerprint density at radius 1 is 1.28 bits per heavy atom. The average molecular weight is 257 g/mol. The lowest BCUT2D eigenvalue weighted by Gasteiger charge is -2.11. The van der Waals surface area contributed by atoms with E-state index in [1.807, 2.05) is 24.5 Å². The molecule has 5 heteroatoms. The van der Waals surface area contributed by atoms with Crippen LogP contribution in [0.2, 0.25) is 0 Å². The Morgan fingerprint density at radius 2 is 1.89 bits per heavy atom. The van der Waals surface area contributed by atoms with Gasteiger partial charge in [-0.2, -0.15) is 0 Å². The lowest BCUT2D eigenvalue weighted by molar-refractivity contribution is -0.110. The minimum Gasteiger partial charge on any atom is -0.394 e. The maximum atomic E-state index is 8.72. The van der Waals surface area contributed by atoms with E-state index in [1.54, 1.807) is 11.7 Å². The van der Waals surface area contributed by atoms with Crippen molar-refractivity contribution in [1.82, 2.24) is 4.57 Å². The van der Waals surface area contributed by atoms with E-state index >= 15 is 0 Å². The molecule has 0 bridgehead atoms. The van der Waals surface area contributed by atoms with Crippen LogP contribution in [0.25, 0.3) is 0 Å². The first kappa shape index (κ1) is 15.2. The molecule has 1 aliphatic rings. The Bertz CT molecular complexity index is 298. The Morgan fingerprint density at radius 3 is 2.22 bits per heavy atom. The number of hydrogen-bond donors (Lipinski definition) is 2. The fourth-order valence-electron chi connectivity index (χ4n) is 1.78. The normalized spacial score (nSPS) is 22.9. The Labute approximate surface area is 108 Å². The van der Waals surface area contributed by atoms with E-state index in [0.29, 0.717) is 6.10 Å². The van der Waals surface area contributed by atoms with Gasteiger partial charge in [0.1, 0.15) is 0 Å². The van der Waals surface area contributed by atoms with Crippen LogP contribution in [0.5, 0.6) is 0 Å². The molecule has 2 heterocycles. The van der Waals surface area contributed by atoms with Crippen LogP contribution in [-0.4, -0.2) is 47.5 Å². The molecule has 1 saturated heterocycles. The summed E-state index contributed by atoms with van der Waals surface area (Å²) in [5.41, 5.74) is 0. The first-order valence-electron chi connectivity index (χ1n) is 6.23. The summed E-state index contributed by atoms with van der Waals surface area (Å²) in [6, 6.07) is 3.53. The summed E-state index contributed by atoms with van der Waals surface area (Å²) in [7, 11) is 1.68. The van der Waals surface area contributed by atoms with Crippen LogP contribution in [0, 0.1) is 0 Å². The summed E-state index contributed by atoms with van der Waals surface area (Å²) in [5, 5.41) is 17.4. The van der Waals surface area contributed by atoms with Crippen molar-refractivity contribution in [3.05, 3.63) is 24.5 Å². The molecular formula is C13H23NO4. The van der Waals surface area contributed by atoms with E-state index in [2.05, 4.69) is 6.92 Å². The third kappa shape index (κ3) is 4.78. The molecule has 0 aliphatic carbocycles. The topological polar surface area (TPSA) is 63.9 Å². The molecule has 1 aromatic heterocycles. The molecule has 18 heavy (non-hydrogen) atoms. The number of methoxy groups -OCH3 is 1. The number of nitrogens with zero attached hydrogens (tertiary/aromatic N) is 1. The Balaban J connectivity index is 0.000000184. The minimum atomic E-state index is -0.185. The molecule has 1 fully saturated rings. The number of aliphatic hydroxyl groups is 2. The lowest BCUT2D eigenvalue weighted by atomic mass is 10.3. The summed E-state index contributed by atoms with van der Waals surface area (Å²) in [5.74, 6) is 0. The highest BCUT2D eigenvalue weighted by Gasteiger charge is 2.20.